The van der Waals surface area contributed by atoms with Crippen LogP contribution in [0, 0.1) is 0 Å². The van der Waals surface area contributed by atoms with E-state index in [4.69, 9.17) is 0 Å². The molecule has 28 heavy (non-hydrogen) atoms. The van der Waals surface area contributed by atoms with Crippen LogP contribution < -0.4 is 5.32 Å². The zero-order chi connectivity index (χ0) is 19.8. The van der Waals surface area contributed by atoms with E-state index >= 15 is 0 Å². The Kier molecular flexibility index (Phi) is 7.76. The normalized spacial score (nSPS) is 11.2. The number of amides is 1. The van der Waals surface area contributed by atoms with Crippen molar-refractivity contribution in [2.45, 2.75) is 13.1 Å². The van der Waals surface area contributed by atoms with E-state index < -0.39 is 0 Å². The van der Waals surface area contributed by atoms with Crippen molar-refractivity contribution in [3.8, 4) is 0 Å². The van der Waals surface area contributed by atoms with Crippen molar-refractivity contribution in [2.24, 2.45) is 0 Å². The molecule has 0 saturated carbocycles. The average Bonchev–Trinajstić information content (AvgIpc) is 3.16. The van der Waals surface area contributed by atoms with Crippen molar-refractivity contribution in [1.29, 1.82) is 0 Å². The predicted molar refractivity (Wildman–Crippen MR) is 119 cm³/mol. The molecule has 6 nitrogen and oxygen atoms in total. The van der Waals surface area contributed by atoms with Gasteiger partial charge < -0.3 is 10.2 Å². The third kappa shape index (κ3) is 5.98. The number of hydrogen-bond acceptors (Lipinski definition) is 6. The molecule has 3 rings (SSSR count). The number of aryl methyl sites for hydroxylation is 1. The number of aromatic nitrogens is 3. The van der Waals surface area contributed by atoms with Gasteiger partial charge in [-0.05, 0) is 30.9 Å². The number of nitrogens with zero attached hydrogens (tertiary/aromatic N) is 4. The molecule has 0 atom stereocenters. The van der Waals surface area contributed by atoms with Gasteiger partial charge in [0.1, 0.15) is 5.69 Å². The highest BCUT2D eigenvalue weighted by atomic mass is 33.1. The number of carbonyl (C=O) groups excluding carboxylic acids is 1. The van der Waals surface area contributed by atoms with Crippen molar-refractivity contribution in [3.05, 3.63) is 59.9 Å². The summed E-state index contributed by atoms with van der Waals surface area (Å²) in [4.78, 5) is 14.8. The summed E-state index contributed by atoms with van der Waals surface area (Å²) in [5, 5.41) is 13.3. The molecule has 8 heteroatoms. The molecule has 148 valence electrons. The number of benzene rings is 2. The highest BCUT2D eigenvalue weighted by Gasteiger charge is 2.10. The number of carbonyl (C=O) groups is 1. The van der Waals surface area contributed by atoms with E-state index in [2.05, 4.69) is 34.6 Å². The first kappa shape index (κ1) is 20.7. The van der Waals surface area contributed by atoms with Gasteiger partial charge in [-0.25, -0.2) is 0 Å². The minimum Gasteiger partial charge on any atom is -0.346 e. The Balaban J connectivity index is 1.46. The van der Waals surface area contributed by atoms with E-state index in [-0.39, 0.29) is 5.91 Å². The largest absolute Gasteiger partial charge is 0.346 e. The fourth-order valence-corrected chi connectivity index (χ4v) is 4.78. The van der Waals surface area contributed by atoms with E-state index in [9.17, 15) is 4.79 Å². The summed E-state index contributed by atoms with van der Waals surface area (Å²) in [5.74, 6) is 1.99. The van der Waals surface area contributed by atoms with Gasteiger partial charge in [-0.15, -0.1) is 5.10 Å². The van der Waals surface area contributed by atoms with Crippen molar-refractivity contribution in [2.75, 3.05) is 32.1 Å². The number of nitrogens with one attached hydrogen (secondary N) is 1. The summed E-state index contributed by atoms with van der Waals surface area (Å²) in [5.41, 5.74) is 1.44. The van der Waals surface area contributed by atoms with Crippen LogP contribution >= 0.6 is 21.6 Å². The second kappa shape index (κ2) is 10.5. The molecule has 1 N–H and O–H groups in total. The predicted octanol–water partition coefficient (Wildman–Crippen LogP) is 3.30. The van der Waals surface area contributed by atoms with E-state index in [1.54, 1.807) is 0 Å². The van der Waals surface area contributed by atoms with E-state index in [0.29, 0.717) is 12.1 Å². The Labute approximate surface area is 173 Å². The average molecular weight is 416 g/mol. The number of rotatable bonds is 10. The standard InChI is InChI=1S/C20H25N5OS2/c1-24(2)10-12-27-28-13-11-25-15-17(22-23-25)14-21-20(26)19-9-5-7-16-6-3-4-8-18(16)19/h3-9,15H,10-14H2,1-2H3,(H,21,26). The first-order valence-corrected chi connectivity index (χ1v) is 11.7. The third-order valence-corrected chi connectivity index (χ3v) is 6.52. The van der Waals surface area contributed by atoms with Crippen molar-refractivity contribution < 1.29 is 4.79 Å². The molecule has 3 aromatic rings. The van der Waals surface area contributed by atoms with Gasteiger partial charge in [0, 0.05) is 23.6 Å². The van der Waals surface area contributed by atoms with Crippen LogP contribution in [0.1, 0.15) is 16.1 Å². The molecule has 0 aliphatic rings. The molecule has 0 spiro atoms. The summed E-state index contributed by atoms with van der Waals surface area (Å²) in [7, 11) is 7.89. The maximum absolute atomic E-state index is 12.6. The fourth-order valence-electron chi connectivity index (χ4n) is 2.69. The molecule has 0 aliphatic heterocycles. The minimum atomic E-state index is -0.0980. The van der Waals surface area contributed by atoms with Crippen molar-refractivity contribution >= 4 is 38.3 Å². The minimum absolute atomic E-state index is 0.0980. The topological polar surface area (TPSA) is 63.0 Å². The number of hydrogen-bond donors (Lipinski definition) is 1. The van der Waals surface area contributed by atoms with Gasteiger partial charge in [0.15, 0.2) is 0 Å². The van der Waals surface area contributed by atoms with Crippen LogP contribution in [0.5, 0.6) is 0 Å². The van der Waals surface area contributed by atoms with Crippen LogP contribution in [0.4, 0.5) is 0 Å². The molecule has 2 aromatic carbocycles. The monoisotopic (exact) mass is 415 g/mol. The molecule has 0 aliphatic carbocycles. The lowest BCUT2D eigenvalue weighted by molar-refractivity contribution is 0.0952. The van der Waals surface area contributed by atoms with Gasteiger partial charge in [-0.3, -0.25) is 9.48 Å². The lowest BCUT2D eigenvalue weighted by Gasteiger charge is -2.07. The van der Waals surface area contributed by atoms with Gasteiger partial charge in [-0.1, -0.05) is 63.2 Å². The van der Waals surface area contributed by atoms with Crippen molar-refractivity contribution in [1.82, 2.24) is 25.2 Å². The highest BCUT2D eigenvalue weighted by molar-refractivity contribution is 8.76. The van der Waals surface area contributed by atoms with Crippen LogP contribution in [0.3, 0.4) is 0 Å². The summed E-state index contributed by atoms with van der Waals surface area (Å²) >= 11 is 0. The molecule has 0 bridgehead atoms. The first-order valence-electron chi connectivity index (χ1n) is 9.17. The fraction of sp³-hybridized carbons (Fsp3) is 0.350. The molecule has 0 unspecified atom stereocenters. The number of fused-ring (bicyclic) bond motifs is 1. The smallest absolute Gasteiger partial charge is 0.252 e. The molecule has 0 saturated heterocycles. The maximum Gasteiger partial charge on any atom is 0.252 e. The van der Waals surface area contributed by atoms with Gasteiger partial charge >= 0.3 is 0 Å². The SMILES string of the molecule is CN(C)CCSSCCn1cc(CNC(=O)c2cccc3ccccc23)nn1. The second-order valence-corrected chi connectivity index (χ2v) is 9.33. The van der Waals surface area contributed by atoms with Gasteiger partial charge in [-0.2, -0.15) is 0 Å². The van der Waals surface area contributed by atoms with Crippen LogP contribution in [0.2, 0.25) is 0 Å². The van der Waals surface area contributed by atoms with Gasteiger partial charge in [0.05, 0.1) is 19.3 Å². The molecule has 0 fully saturated rings. The van der Waals surface area contributed by atoms with E-state index in [1.807, 2.05) is 74.9 Å². The Morgan fingerprint density at radius 1 is 1.11 bits per heavy atom. The van der Waals surface area contributed by atoms with Crippen LogP contribution in [-0.2, 0) is 13.1 Å². The summed E-state index contributed by atoms with van der Waals surface area (Å²) in [6, 6.07) is 13.7. The molecule has 1 amide bonds. The molecule has 1 aromatic heterocycles. The Hall–Kier alpha value is -2.03. The quantitative estimate of drug-likeness (QED) is 0.405. The van der Waals surface area contributed by atoms with Crippen LogP contribution in [0.25, 0.3) is 10.8 Å². The maximum atomic E-state index is 12.6. The van der Waals surface area contributed by atoms with Gasteiger partial charge in [0.2, 0.25) is 0 Å². The Morgan fingerprint density at radius 3 is 2.75 bits per heavy atom. The van der Waals surface area contributed by atoms with Crippen LogP contribution in [0.15, 0.2) is 48.7 Å². The van der Waals surface area contributed by atoms with Gasteiger partial charge in [0.25, 0.3) is 5.91 Å². The zero-order valence-electron chi connectivity index (χ0n) is 16.2. The molecule has 1 heterocycles. The first-order chi connectivity index (χ1) is 13.6. The summed E-state index contributed by atoms with van der Waals surface area (Å²) < 4.78 is 1.83. The molecular formula is C20H25N5OS2. The second-order valence-electron chi connectivity index (χ2n) is 6.63. The zero-order valence-corrected chi connectivity index (χ0v) is 17.8. The lowest BCUT2D eigenvalue weighted by Crippen LogP contribution is -2.23. The summed E-state index contributed by atoms with van der Waals surface area (Å²) in [6.07, 6.45) is 1.90. The highest BCUT2D eigenvalue weighted by Crippen LogP contribution is 2.21. The van der Waals surface area contributed by atoms with Crippen LogP contribution in [-0.4, -0.2) is 57.9 Å². The molecular weight excluding hydrogens is 390 g/mol. The van der Waals surface area contributed by atoms with E-state index in [1.165, 1.54) is 0 Å². The van der Waals surface area contributed by atoms with E-state index in [0.717, 1.165) is 41.1 Å². The lowest BCUT2D eigenvalue weighted by atomic mass is 10.0. The Bertz CT molecular complexity index is 907. The Morgan fingerprint density at radius 2 is 1.89 bits per heavy atom. The van der Waals surface area contributed by atoms with Crippen molar-refractivity contribution in [3.63, 3.8) is 0 Å². The third-order valence-electron chi connectivity index (χ3n) is 4.16. The molecule has 0 radical (unpaired) electrons. The summed E-state index contributed by atoms with van der Waals surface area (Å²) in [6.45, 7) is 2.26.